The molecule has 2 heterocycles. The van der Waals surface area contributed by atoms with Gasteiger partial charge in [0, 0.05) is 34.2 Å². The topological polar surface area (TPSA) is 54.6 Å². The van der Waals surface area contributed by atoms with E-state index in [2.05, 4.69) is 10.3 Å². The Morgan fingerprint density at radius 1 is 1.22 bits per heavy atom. The number of carbonyl (C=O) groups is 1. The molecule has 0 atom stereocenters. The van der Waals surface area contributed by atoms with Crippen molar-refractivity contribution in [2.75, 3.05) is 17.6 Å². The van der Waals surface area contributed by atoms with Gasteiger partial charge in [0.2, 0.25) is 0 Å². The van der Waals surface area contributed by atoms with Gasteiger partial charge in [-0.3, -0.25) is 9.79 Å². The van der Waals surface area contributed by atoms with Gasteiger partial charge in [-0.25, -0.2) is 8.78 Å². The first kappa shape index (κ1) is 18.1. The number of nitrogens with one attached hydrogen (secondary N) is 1. The molecule has 1 amide bonds. The van der Waals surface area contributed by atoms with Crippen molar-refractivity contribution in [1.29, 1.82) is 0 Å². The molecule has 0 saturated carbocycles. The first-order valence-electron chi connectivity index (χ1n) is 8.18. The first-order chi connectivity index (χ1) is 13.1. The number of hydrogen-bond donors (Lipinski definition) is 1. The molecular formula is C19H14F2N2O2S2. The molecule has 0 bridgehead atoms. The summed E-state index contributed by atoms with van der Waals surface area (Å²) in [6.07, 6.45) is 0. The van der Waals surface area contributed by atoms with Gasteiger partial charge in [-0.05, 0) is 18.2 Å². The Bertz CT molecular complexity index is 1050. The fourth-order valence-corrected chi connectivity index (χ4v) is 4.76. The summed E-state index contributed by atoms with van der Waals surface area (Å²) in [7, 11) is 0. The Morgan fingerprint density at radius 2 is 2.07 bits per heavy atom. The Labute approximate surface area is 162 Å². The normalized spacial score (nSPS) is 13.8. The maximum absolute atomic E-state index is 13.4. The summed E-state index contributed by atoms with van der Waals surface area (Å²) in [5.74, 6) is -0.833. The number of aliphatic imine (C=N–C) groups is 1. The van der Waals surface area contributed by atoms with Crippen molar-refractivity contribution < 1.29 is 18.0 Å². The number of anilines is 1. The van der Waals surface area contributed by atoms with Crippen LogP contribution in [-0.4, -0.2) is 22.6 Å². The lowest BCUT2D eigenvalue weighted by molar-refractivity contribution is 0.0998. The summed E-state index contributed by atoms with van der Waals surface area (Å²) in [4.78, 5) is 17.1. The van der Waals surface area contributed by atoms with Crippen molar-refractivity contribution in [1.82, 2.24) is 0 Å². The molecule has 138 valence electrons. The highest BCUT2D eigenvalue weighted by molar-refractivity contribution is 8.38. The number of furan rings is 1. The number of nitrogens with zero attached hydrogens (tertiary/aromatic N) is 1. The molecule has 0 saturated heterocycles. The third kappa shape index (κ3) is 3.86. The van der Waals surface area contributed by atoms with Crippen molar-refractivity contribution in [2.24, 2.45) is 4.99 Å². The quantitative estimate of drug-likeness (QED) is 0.641. The van der Waals surface area contributed by atoms with Crippen LogP contribution in [0.4, 0.5) is 14.5 Å². The van der Waals surface area contributed by atoms with Gasteiger partial charge in [0.15, 0.2) is 17.4 Å². The van der Waals surface area contributed by atoms with Gasteiger partial charge in [-0.15, -0.1) is 0 Å². The lowest BCUT2D eigenvalue weighted by atomic mass is 10.1. The molecule has 1 N–H and O–H groups in total. The van der Waals surface area contributed by atoms with E-state index in [0.717, 1.165) is 39.8 Å². The zero-order valence-electron chi connectivity index (χ0n) is 14.0. The van der Waals surface area contributed by atoms with E-state index < -0.39 is 17.5 Å². The molecule has 4 nitrogen and oxygen atoms in total. The molecule has 1 aliphatic rings. The van der Waals surface area contributed by atoms with Crippen LogP contribution in [0.15, 0.2) is 51.9 Å². The summed E-state index contributed by atoms with van der Waals surface area (Å²) >= 11 is 3.26. The van der Waals surface area contributed by atoms with Crippen molar-refractivity contribution in [2.45, 2.75) is 5.75 Å². The minimum Gasteiger partial charge on any atom is -0.451 e. The van der Waals surface area contributed by atoms with E-state index in [4.69, 9.17) is 4.42 Å². The maximum atomic E-state index is 13.4. The smallest absolute Gasteiger partial charge is 0.291 e. The number of carbonyl (C=O) groups excluding carboxylic acids is 1. The lowest BCUT2D eigenvalue weighted by Crippen LogP contribution is -2.13. The van der Waals surface area contributed by atoms with Crippen LogP contribution in [0.25, 0.3) is 11.0 Å². The van der Waals surface area contributed by atoms with Crippen LogP contribution in [0, 0.1) is 11.6 Å². The average molecular weight is 404 g/mol. The van der Waals surface area contributed by atoms with Gasteiger partial charge in [-0.1, -0.05) is 41.7 Å². The zero-order chi connectivity index (χ0) is 18.8. The highest BCUT2D eigenvalue weighted by atomic mass is 32.2. The van der Waals surface area contributed by atoms with Crippen LogP contribution in [-0.2, 0) is 5.75 Å². The number of fused-ring (bicyclic) bond motifs is 1. The van der Waals surface area contributed by atoms with E-state index in [1.165, 1.54) is 6.07 Å². The van der Waals surface area contributed by atoms with Gasteiger partial charge >= 0.3 is 0 Å². The third-order valence-electron chi connectivity index (χ3n) is 3.98. The summed E-state index contributed by atoms with van der Waals surface area (Å²) < 4.78 is 33.2. The Balaban J connectivity index is 1.63. The molecule has 3 aromatic rings. The number of para-hydroxylation sites is 1. The second-order valence-corrected chi connectivity index (χ2v) is 8.08. The fourth-order valence-electron chi connectivity index (χ4n) is 2.72. The predicted octanol–water partition coefficient (Wildman–Crippen LogP) is 5.30. The van der Waals surface area contributed by atoms with Crippen LogP contribution in [0.3, 0.4) is 0 Å². The van der Waals surface area contributed by atoms with Crippen LogP contribution in [0.1, 0.15) is 16.1 Å². The van der Waals surface area contributed by atoms with Crippen molar-refractivity contribution in [3.63, 3.8) is 0 Å². The van der Waals surface area contributed by atoms with Crippen molar-refractivity contribution >= 4 is 50.5 Å². The van der Waals surface area contributed by atoms with Crippen molar-refractivity contribution in [3.05, 3.63) is 65.4 Å². The lowest BCUT2D eigenvalue weighted by Gasteiger charge is -2.06. The standard InChI is InChI=1S/C19H14F2N2O2S2/c20-14-6-5-11(9-15(14)21)23-18(24)17-13(10-27-19-22-7-8-26-19)12-3-1-2-4-16(12)25-17/h1-6,9H,7-8,10H2,(H,23,24). The van der Waals surface area contributed by atoms with Gasteiger partial charge in [0.1, 0.15) is 9.96 Å². The number of amides is 1. The van der Waals surface area contributed by atoms with E-state index in [1.807, 2.05) is 18.2 Å². The van der Waals surface area contributed by atoms with Gasteiger partial charge in [-0.2, -0.15) is 0 Å². The van der Waals surface area contributed by atoms with Gasteiger partial charge in [0.05, 0.1) is 6.54 Å². The highest BCUT2D eigenvalue weighted by Gasteiger charge is 2.22. The van der Waals surface area contributed by atoms with Crippen LogP contribution >= 0.6 is 23.5 Å². The number of halogens is 2. The van der Waals surface area contributed by atoms with Crippen LogP contribution in [0.5, 0.6) is 0 Å². The van der Waals surface area contributed by atoms with Gasteiger partial charge in [0.25, 0.3) is 5.91 Å². The molecule has 1 aromatic heterocycles. The second kappa shape index (κ2) is 7.74. The molecule has 0 unspecified atom stereocenters. The Hall–Kier alpha value is -2.32. The van der Waals surface area contributed by atoms with Crippen LogP contribution in [0.2, 0.25) is 0 Å². The summed E-state index contributed by atoms with van der Waals surface area (Å²) in [6, 6.07) is 10.6. The molecule has 0 radical (unpaired) electrons. The fraction of sp³-hybridized carbons (Fsp3) is 0.158. The number of rotatable bonds is 4. The molecule has 27 heavy (non-hydrogen) atoms. The highest BCUT2D eigenvalue weighted by Crippen LogP contribution is 2.33. The molecule has 0 spiro atoms. The van der Waals surface area contributed by atoms with E-state index in [-0.39, 0.29) is 11.4 Å². The Morgan fingerprint density at radius 3 is 2.85 bits per heavy atom. The SMILES string of the molecule is O=C(Nc1ccc(F)c(F)c1)c1oc2ccccc2c1CSC1=NCCS1. The van der Waals surface area contributed by atoms with E-state index in [0.29, 0.717) is 11.3 Å². The van der Waals surface area contributed by atoms with Crippen molar-refractivity contribution in [3.8, 4) is 0 Å². The summed E-state index contributed by atoms with van der Waals surface area (Å²) in [5, 5.41) is 3.42. The molecular weight excluding hydrogens is 390 g/mol. The molecule has 0 fully saturated rings. The Kier molecular flexibility index (Phi) is 5.18. The zero-order valence-corrected chi connectivity index (χ0v) is 15.6. The van der Waals surface area contributed by atoms with Gasteiger partial charge < -0.3 is 9.73 Å². The summed E-state index contributed by atoms with van der Waals surface area (Å²) in [6.45, 7) is 0.808. The molecule has 4 rings (SSSR count). The molecule has 2 aromatic carbocycles. The molecule has 8 heteroatoms. The van der Waals surface area contributed by atoms with E-state index >= 15 is 0 Å². The molecule has 1 aliphatic heterocycles. The van der Waals surface area contributed by atoms with E-state index in [1.54, 1.807) is 29.6 Å². The molecule has 0 aliphatic carbocycles. The average Bonchev–Trinajstić information content (AvgIpc) is 3.30. The minimum absolute atomic E-state index is 0.161. The predicted molar refractivity (Wildman–Crippen MR) is 107 cm³/mol. The van der Waals surface area contributed by atoms with E-state index in [9.17, 15) is 13.6 Å². The second-order valence-electron chi connectivity index (χ2n) is 5.77. The largest absolute Gasteiger partial charge is 0.451 e. The first-order valence-corrected chi connectivity index (χ1v) is 10.2. The number of thioether (sulfide) groups is 2. The monoisotopic (exact) mass is 404 g/mol. The minimum atomic E-state index is -1.02. The number of hydrogen-bond acceptors (Lipinski definition) is 5. The van der Waals surface area contributed by atoms with Crippen LogP contribution < -0.4 is 5.32 Å². The maximum Gasteiger partial charge on any atom is 0.291 e. The third-order valence-corrected chi connectivity index (χ3v) is 6.26. The summed E-state index contributed by atoms with van der Waals surface area (Å²) in [5.41, 5.74) is 1.52. The number of benzene rings is 2.